The van der Waals surface area contributed by atoms with Crippen molar-refractivity contribution in [1.29, 1.82) is 0 Å². The van der Waals surface area contributed by atoms with Gasteiger partial charge in [-0.05, 0) is 13.3 Å². The predicted molar refractivity (Wildman–Crippen MR) is 58.3 cm³/mol. The topological polar surface area (TPSA) is 38.0 Å². The molecule has 0 aliphatic carbocycles. The summed E-state index contributed by atoms with van der Waals surface area (Å²) in [6.45, 7) is 5.13. The third kappa shape index (κ3) is 1.68. The molecule has 2 rings (SSSR count). The molecule has 0 saturated carbocycles. The van der Waals surface area contributed by atoms with Crippen molar-refractivity contribution in [2.75, 3.05) is 5.75 Å². The Morgan fingerprint density at radius 2 is 2.57 bits per heavy atom. The summed E-state index contributed by atoms with van der Waals surface area (Å²) < 4.78 is 2.00. The van der Waals surface area contributed by atoms with Gasteiger partial charge in [0.1, 0.15) is 5.60 Å². The lowest BCUT2D eigenvalue weighted by Gasteiger charge is -2.18. The van der Waals surface area contributed by atoms with Crippen molar-refractivity contribution in [2.24, 2.45) is 0 Å². The van der Waals surface area contributed by atoms with Crippen molar-refractivity contribution in [3.05, 3.63) is 18.2 Å². The van der Waals surface area contributed by atoms with Crippen molar-refractivity contribution in [3.8, 4) is 0 Å². The summed E-state index contributed by atoms with van der Waals surface area (Å²) in [6, 6.07) is 0. The molecule has 0 bridgehead atoms. The average Bonchev–Trinajstić information content (AvgIpc) is 2.73. The van der Waals surface area contributed by atoms with Crippen LogP contribution in [-0.4, -0.2) is 25.7 Å². The van der Waals surface area contributed by atoms with Crippen LogP contribution in [0, 0.1) is 0 Å². The molecule has 1 aliphatic rings. The molecule has 1 aliphatic heterocycles. The van der Waals surface area contributed by atoms with Gasteiger partial charge in [0, 0.05) is 23.7 Å². The van der Waals surface area contributed by atoms with Crippen LogP contribution in [0.3, 0.4) is 0 Å². The highest BCUT2D eigenvalue weighted by Crippen LogP contribution is 2.40. The standard InChI is InChI=1S/C10H16N2OS/c1-3-12-5-9(11-7-12)10(13)4-8(2)14-6-10/h5,7-8,13H,3-4,6H2,1-2H3. The number of hydrogen-bond acceptors (Lipinski definition) is 3. The van der Waals surface area contributed by atoms with E-state index in [9.17, 15) is 5.11 Å². The van der Waals surface area contributed by atoms with Crippen molar-refractivity contribution >= 4 is 11.8 Å². The van der Waals surface area contributed by atoms with E-state index in [-0.39, 0.29) is 0 Å². The molecule has 78 valence electrons. The maximum atomic E-state index is 10.3. The Morgan fingerprint density at radius 3 is 3.07 bits per heavy atom. The summed E-state index contributed by atoms with van der Waals surface area (Å²) in [6.07, 6.45) is 4.57. The maximum Gasteiger partial charge on any atom is 0.118 e. The number of nitrogens with zero attached hydrogens (tertiary/aromatic N) is 2. The number of imidazole rings is 1. The van der Waals surface area contributed by atoms with Gasteiger partial charge < -0.3 is 9.67 Å². The molecule has 1 aromatic rings. The largest absolute Gasteiger partial charge is 0.383 e. The lowest BCUT2D eigenvalue weighted by molar-refractivity contribution is 0.0570. The van der Waals surface area contributed by atoms with Crippen LogP contribution < -0.4 is 0 Å². The van der Waals surface area contributed by atoms with Crippen molar-refractivity contribution in [3.63, 3.8) is 0 Å². The number of rotatable bonds is 2. The van der Waals surface area contributed by atoms with Crippen molar-refractivity contribution in [1.82, 2.24) is 9.55 Å². The van der Waals surface area contributed by atoms with Gasteiger partial charge in [0.2, 0.25) is 0 Å². The highest BCUT2D eigenvalue weighted by molar-refractivity contribution is 8.00. The van der Waals surface area contributed by atoms with E-state index in [1.165, 1.54) is 0 Å². The highest BCUT2D eigenvalue weighted by atomic mass is 32.2. The van der Waals surface area contributed by atoms with Gasteiger partial charge in [0.25, 0.3) is 0 Å². The average molecular weight is 212 g/mol. The molecule has 14 heavy (non-hydrogen) atoms. The Kier molecular flexibility index (Phi) is 2.58. The van der Waals surface area contributed by atoms with Crippen LogP contribution in [0.2, 0.25) is 0 Å². The lowest BCUT2D eigenvalue weighted by atomic mass is 9.97. The molecule has 0 radical (unpaired) electrons. The third-order valence-electron chi connectivity index (χ3n) is 2.71. The molecule has 1 N–H and O–H groups in total. The first kappa shape index (κ1) is 10.1. The molecule has 0 amide bonds. The Morgan fingerprint density at radius 1 is 1.79 bits per heavy atom. The summed E-state index contributed by atoms with van der Waals surface area (Å²) in [4.78, 5) is 4.27. The van der Waals surface area contributed by atoms with Gasteiger partial charge in [0.05, 0.1) is 12.0 Å². The van der Waals surface area contributed by atoms with Gasteiger partial charge >= 0.3 is 0 Å². The Balaban J connectivity index is 2.21. The number of aromatic nitrogens is 2. The summed E-state index contributed by atoms with van der Waals surface area (Å²) in [5, 5.41) is 10.9. The molecule has 2 unspecified atom stereocenters. The molecule has 0 spiro atoms. The van der Waals surface area contributed by atoms with Gasteiger partial charge in [-0.15, -0.1) is 0 Å². The molecule has 1 fully saturated rings. The second kappa shape index (κ2) is 3.59. The minimum Gasteiger partial charge on any atom is -0.383 e. The molecule has 3 nitrogen and oxygen atoms in total. The fraction of sp³-hybridized carbons (Fsp3) is 0.700. The van der Waals surface area contributed by atoms with Gasteiger partial charge in [0.15, 0.2) is 0 Å². The van der Waals surface area contributed by atoms with Crippen LogP contribution >= 0.6 is 11.8 Å². The molecule has 2 atom stereocenters. The lowest BCUT2D eigenvalue weighted by Crippen LogP contribution is -2.26. The van der Waals surface area contributed by atoms with Crippen LogP contribution in [0.25, 0.3) is 0 Å². The zero-order valence-corrected chi connectivity index (χ0v) is 9.42. The first-order valence-electron chi connectivity index (χ1n) is 5.00. The van der Waals surface area contributed by atoms with E-state index in [1.54, 1.807) is 6.33 Å². The van der Waals surface area contributed by atoms with Crippen LogP contribution in [-0.2, 0) is 12.1 Å². The van der Waals surface area contributed by atoms with Gasteiger partial charge in [-0.3, -0.25) is 0 Å². The fourth-order valence-corrected chi connectivity index (χ4v) is 3.04. The zero-order valence-electron chi connectivity index (χ0n) is 8.60. The molecule has 2 heterocycles. The molecule has 1 aromatic heterocycles. The minimum absolute atomic E-state index is 0.534. The number of thioether (sulfide) groups is 1. The first-order valence-corrected chi connectivity index (χ1v) is 6.05. The summed E-state index contributed by atoms with van der Waals surface area (Å²) in [7, 11) is 0. The number of aliphatic hydroxyl groups is 1. The van der Waals surface area contributed by atoms with E-state index < -0.39 is 5.60 Å². The Hall–Kier alpha value is -0.480. The predicted octanol–water partition coefficient (Wildman–Crippen LogP) is 1.62. The maximum absolute atomic E-state index is 10.3. The summed E-state index contributed by atoms with van der Waals surface area (Å²) in [5.74, 6) is 0.773. The van der Waals surface area contributed by atoms with Crippen LogP contribution in [0.5, 0.6) is 0 Å². The minimum atomic E-state index is -0.690. The second-order valence-corrected chi connectivity index (χ2v) is 5.37. The highest BCUT2D eigenvalue weighted by Gasteiger charge is 2.39. The summed E-state index contributed by atoms with van der Waals surface area (Å²) >= 11 is 1.82. The molecule has 4 heteroatoms. The number of hydrogen-bond donors (Lipinski definition) is 1. The second-order valence-electron chi connectivity index (χ2n) is 3.95. The van der Waals surface area contributed by atoms with E-state index in [0.717, 1.165) is 24.4 Å². The number of aryl methyl sites for hydroxylation is 1. The van der Waals surface area contributed by atoms with E-state index >= 15 is 0 Å². The molecular formula is C10H16N2OS. The first-order chi connectivity index (χ1) is 6.64. The van der Waals surface area contributed by atoms with Gasteiger partial charge in [-0.1, -0.05) is 6.92 Å². The Bertz CT molecular complexity index is 326. The third-order valence-corrected chi connectivity index (χ3v) is 4.09. The fourth-order valence-electron chi connectivity index (χ4n) is 1.83. The normalized spacial score (nSPS) is 32.4. The van der Waals surface area contributed by atoms with Gasteiger partial charge in [-0.25, -0.2) is 4.98 Å². The summed E-state index contributed by atoms with van der Waals surface area (Å²) in [5.41, 5.74) is 0.140. The van der Waals surface area contributed by atoms with Gasteiger partial charge in [-0.2, -0.15) is 11.8 Å². The van der Waals surface area contributed by atoms with Crippen LogP contribution in [0.1, 0.15) is 26.0 Å². The van der Waals surface area contributed by atoms with Crippen molar-refractivity contribution in [2.45, 2.75) is 37.7 Å². The smallest absolute Gasteiger partial charge is 0.118 e. The van der Waals surface area contributed by atoms with Crippen LogP contribution in [0.15, 0.2) is 12.5 Å². The monoisotopic (exact) mass is 212 g/mol. The quantitative estimate of drug-likeness (QED) is 0.809. The molecule has 1 saturated heterocycles. The van der Waals surface area contributed by atoms with E-state index in [2.05, 4.69) is 18.8 Å². The molecular weight excluding hydrogens is 196 g/mol. The zero-order chi connectivity index (χ0) is 10.2. The van der Waals surface area contributed by atoms with E-state index in [0.29, 0.717) is 5.25 Å². The van der Waals surface area contributed by atoms with E-state index in [1.807, 2.05) is 22.5 Å². The Labute approximate surface area is 88.5 Å². The van der Waals surface area contributed by atoms with Crippen molar-refractivity contribution < 1.29 is 5.11 Å². The van der Waals surface area contributed by atoms with Crippen LogP contribution in [0.4, 0.5) is 0 Å². The SMILES string of the molecule is CCn1cnc(C2(O)CSC(C)C2)c1. The van der Waals surface area contributed by atoms with E-state index in [4.69, 9.17) is 0 Å². The molecule has 0 aromatic carbocycles.